The number of rotatable bonds is 8. The summed E-state index contributed by atoms with van der Waals surface area (Å²) in [6.45, 7) is 6.39. The van der Waals surface area contributed by atoms with Crippen molar-refractivity contribution < 1.29 is 9.59 Å². The SMILES string of the molecule is CC/C(C=O)=C/c1ncc(CN2CCN(C3=CC=C(C(=O)NC)NN3)CC2)cc1NC. The quantitative estimate of drug-likeness (QED) is 0.359. The van der Waals surface area contributed by atoms with E-state index < -0.39 is 0 Å². The summed E-state index contributed by atoms with van der Waals surface area (Å²) in [6.07, 6.45) is 9.00. The summed E-state index contributed by atoms with van der Waals surface area (Å²) in [5.74, 6) is 0.810. The number of hydrazine groups is 1. The predicted octanol–water partition coefficient (Wildman–Crippen LogP) is 0.812. The number of pyridine rings is 1. The van der Waals surface area contributed by atoms with Crippen LogP contribution in [0.2, 0.25) is 0 Å². The van der Waals surface area contributed by atoms with Crippen molar-refractivity contribution in [1.29, 1.82) is 0 Å². The van der Waals surface area contributed by atoms with E-state index >= 15 is 0 Å². The number of allylic oxidation sites excluding steroid dienone is 3. The number of aldehydes is 1. The highest BCUT2D eigenvalue weighted by molar-refractivity contribution is 5.93. The van der Waals surface area contributed by atoms with Gasteiger partial charge in [0.15, 0.2) is 0 Å². The lowest BCUT2D eigenvalue weighted by Crippen LogP contribution is -2.51. The average Bonchev–Trinajstić information content (AvgIpc) is 2.83. The Labute approximate surface area is 183 Å². The third-order valence-corrected chi connectivity index (χ3v) is 5.45. The van der Waals surface area contributed by atoms with E-state index in [1.807, 2.05) is 32.3 Å². The number of nitrogens with one attached hydrogen (secondary N) is 4. The molecular formula is C22H31N7O2. The molecule has 0 radical (unpaired) electrons. The number of carbonyl (C=O) groups excluding carboxylic acids is 2. The average molecular weight is 426 g/mol. The van der Waals surface area contributed by atoms with Crippen LogP contribution >= 0.6 is 0 Å². The number of hydrogen-bond donors (Lipinski definition) is 4. The van der Waals surface area contributed by atoms with Crippen LogP contribution in [0.1, 0.15) is 24.6 Å². The van der Waals surface area contributed by atoms with Gasteiger partial charge in [-0.1, -0.05) is 6.92 Å². The number of piperazine rings is 1. The van der Waals surface area contributed by atoms with E-state index in [1.54, 1.807) is 13.1 Å². The highest BCUT2D eigenvalue weighted by Gasteiger charge is 2.21. The second kappa shape index (κ2) is 10.6. The Balaban J connectivity index is 1.58. The van der Waals surface area contributed by atoms with Gasteiger partial charge < -0.3 is 15.5 Å². The predicted molar refractivity (Wildman–Crippen MR) is 121 cm³/mol. The van der Waals surface area contributed by atoms with Gasteiger partial charge in [-0.2, -0.15) is 0 Å². The smallest absolute Gasteiger partial charge is 0.268 e. The van der Waals surface area contributed by atoms with Crippen LogP contribution in [-0.4, -0.2) is 67.3 Å². The molecule has 1 fully saturated rings. The van der Waals surface area contributed by atoms with Crippen molar-refractivity contribution >= 4 is 24.0 Å². The monoisotopic (exact) mass is 425 g/mol. The second-order valence-corrected chi connectivity index (χ2v) is 7.44. The number of nitrogens with zero attached hydrogens (tertiary/aromatic N) is 3. The van der Waals surface area contributed by atoms with Crippen LogP contribution in [0.15, 0.2) is 41.5 Å². The minimum Gasteiger partial charge on any atom is -0.386 e. The summed E-state index contributed by atoms with van der Waals surface area (Å²) in [6, 6.07) is 2.10. The van der Waals surface area contributed by atoms with Gasteiger partial charge in [0.25, 0.3) is 5.91 Å². The van der Waals surface area contributed by atoms with Crippen molar-refractivity contribution in [3.05, 3.63) is 52.8 Å². The van der Waals surface area contributed by atoms with E-state index in [4.69, 9.17) is 0 Å². The molecule has 2 aliphatic heterocycles. The number of amides is 1. The topological polar surface area (TPSA) is 102 Å². The fourth-order valence-electron chi connectivity index (χ4n) is 3.55. The van der Waals surface area contributed by atoms with Gasteiger partial charge in [-0.3, -0.25) is 30.3 Å². The van der Waals surface area contributed by atoms with Gasteiger partial charge in [0.1, 0.15) is 17.8 Å². The molecule has 9 nitrogen and oxygen atoms in total. The van der Waals surface area contributed by atoms with Crippen LogP contribution < -0.4 is 21.5 Å². The molecule has 166 valence electrons. The van der Waals surface area contributed by atoms with Gasteiger partial charge in [-0.25, -0.2) is 0 Å². The zero-order valence-corrected chi connectivity index (χ0v) is 18.4. The first-order valence-corrected chi connectivity index (χ1v) is 10.5. The number of likely N-dealkylation sites (N-methyl/N-ethyl adjacent to an activating group) is 1. The van der Waals surface area contributed by atoms with E-state index in [0.29, 0.717) is 12.1 Å². The van der Waals surface area contributed by atoms with Crippen LogP contribution in [0.3, 0.4) is 0 Å². The molecule has 1 saturated heterocycles. The molecule has 0 aliphatic carbocycles. The molecule has 3 heterocycles. The van der Waals surface area contributed by atoms with Crippen LogP contribution in [0.5, 0.6) is 0 Å². The van der Waals surface area contributed by atoms with Crippen molar-refractivity contribution in [3.8, 4) is 0 Å². The third-order valence-electron chi connectivity index (χ3n) is 5.45. The Kier molecular flexibility index (Phi) is 7.66. The molecule has 0 bridgehead atoms. The minimum absolute atomic E-state index is 0.152. The van der Waals surface area contributed by atoms with Crippen LogP contribution in [0.25, 0.3) is 6.08 Å². The maximum Gasteiger partial charge on any atom is 0.268 e. The van der Waals surface area contributed by atoms with E-state index in [0.717, 1.165) is 67.3 Å². The molecular weight excluding hydrogens is 394 g/mol. The van der Waals surface area contributed by atoms with Crippen LogP contribution in [-0.2, 0) is 16.1 Å². The summed E-state index contributed by atoms with van der Waals surface area (Å²) in [4.78, 5) is 32.0. The van der Waals surface area contributed by atoms with Gasteiger partial charge in [0.2, 0.25) is 0 Å². The molecule has 2 aliphatic rings. The molecule has 9 heteroatoms. The lowest BCUT2D eigenvalue weighted by Gasteiger charge is -2.38. The molecule has 3 rings (SSSR count). The standard InChI is InChI=1S/C22H31N7O2/c1-4-16(15-30)11-20-19(23-2)12-17(13-25-20)14-28-7-9-29(10-8-28)21-6-5-18(26-27-21)22(31)24-3/h5-6,11-13,15,23,26-27H,4,7-10,14H2,1-3H3,(H,24,31)/b16-11-. The lowest BCUT2D eigenvalue weighted by atomic mass is 10.1. The van der Waals surface area contributed by atoms with E-state index in [-0.39, 0.29) is 5.91 Å². The largest absolute Gasteiger partial charge is 0.386 e. The Morgan fingerprint density at radius 2 is 1.97 bits per heavy atom. The number of anilines is 1. The molecule has 4 N–H and O–H groups in total. The van der Waals surface area contributed by atoms with E-state index in [9.17, 15) is 9.59 Å². The zero-order valence-electron chi connectivity index (χ0n) is 18.4. The van der Waals surface area contributed by atoms with Crippen LogP contribution in [0, 0.1) is 0 Å². The number of hydrogen-bond acceptors (Lipinski definition) is 8. The van der Waals surface area contributed by atoms with E-state index in [2.05, 4.69) is 42.3 Å². The molecule has 0 unspecified atom stereocenters. The highest BCUT2D eigenvalue weighted by Crippen LogP contribution is 2.20. The van der Waals surface area contributed by atoms with Crippen molar-refractivity contribution in [2.45, 2.75) is 19.9 Å². The highest BCUT2D eigenvalue weighted by atomic mass is 16.2. The maximum atomic E-state index is 11.7. The first kappa shape index (κ1) is 22.4. The Bertz CT molecular complexity index is 899. The maximum absolute atomic E-state index is 11.7. The molecule has 0 saturated carbocycles. The minimum atomic E-state index is -0.152. The van der Waals surface area contributed by atoms with Gasteiger partial charge in [-0.15, -0.1) is 0 Å². The number of aromatic nitrogens is 1. The molecule has 0 spiro atoms. The zero-order chi connectivity index (χ0) is 22.2. The molecule has 0 aromatic carbocycles. The van der Waals surface area contributed by atoms with Crippen molar-refractivity contribution in [2.24, 2.45) is 0 Å². The Morgan fingerprint density at radius 1 is 1.19 bits per heavy atom. The molecule has 1 amide bonds. The summed E-state index contributed by atoms with van der Waals surface area (Å²) in [5, 5.41) is 5.78. The fourth-order valence-corrected chi connectivity index (χ4v) is 3.55. The molecule has 0 atom stereocenters. The summed E-state index contributed by atoms with van der Waals surface area (Å²) < 4.78 is 0. The van der Waals surface area contributed by atoms with Gasteiger partial charge in [-0.05, 0) is 41.9 Å². The van der Waals surface area contributed by atoms with Crippen molar-refractivity contribution in [3.63, 3.8) is 0 Å². The third kappa shape index (κ3) is 5.64. The number of carbonyl (C=O) groups is 2. The Morgan fingerprint density at radius 3 is 2.55 bits per heavy atom. The van der Waals surface area contributed by atoms with Gasteiger partial charge in [0, 0.05) is 53.0 Å². The first-order chi connectivity index (χ1) is 15.1. The van der Waals surface area contributed by atoms with Crippen LogP contribution in [0.4, 0.5) is 5.69 Å². The molecule has 31 heavy (non-hydrogen) atoms. The summed E-state index contributed by atoms with van der Waals surface area (Å²) >= 11 is 0. The van der Waals surface area contributed by atoms with Crippen molar-refractivity contribution in [2.75, 3.05) is 45.6 Å². The molecule has 1 aromatic rings. The van der Waals surface area contributed by atoms with Crippen molar-refractivity contribution in [1.82, 2.24) is 31.0 Å². The summed E-state index contributed by atoms with van der Waals surface area (Å²) in [7, 11) is 3.47. The van der Waals surface area contributed by atoms with Gasteiger partial charge in [0.05, 0.1) is 11.4 Å². The first-order valence-electron chi connectivity index (χ1n) is 10.5. The lowest BCUT2D eigenvalue weighted by molar-refractivity contribution is -0.117. The molecule has 1 aromatic heterocycles. The van der Waals surface area contributed by atoms with E-state index in [1.165, 1.54) is 0 Å². The fraction of sp³-hybridized carbons (Fsp3) is 0.409. The van der Waals surface area contributed by atoms with Gasteiger partial charge >= 0.3 is 0 Å². The Hall–Kier alpha value is -3.33. The second-order valence-electron chi connectivity index (χ2n) is 7.44. The normalized spacial score (nSPS) is 17.1. The summed E-state index contributed by atoms with van der Waals surface area (Å²) in [5.41, 5.74) is 10.1.